The van der Waals surface area contributed by atoms with Crippen molar-refractivity contribution in [3.8, 4) is 0 Å². The Morgan fingerprint density at radius 3 is 1.15 bits per heavy atom. The number of hydrogen-bond acceptors (Lipinski definition) is 4. The van der Waals surface area contributed by atoms with Gasteiger partial charge in [0.1, 0.15) is 0 Å². The van der Waals surface area contributed by atoms with Crippen LogP contribution in [-0.4, -0.2) is 25.2 Å². The number of rotatable bonds is 24. The van der Waals surface area contributed by atoms with Crippen LogP contribution in [0.1, 0.15) is 163 Å². The summed E-state index contributed by atoms with van der Waals surface area (Å²) < 4.78 is 11.2. The first-order chi connectivity index (χ1) is 19.7. The lowest BCUT2D eigenvalue weighted by Crippen LogP contribution is -2.11. The van der Waals surface area contributed by atoms with Crippen molar-refractivity contribution in [2.24, 2.45) is 0 Å². The molecule has 0 aliphatic heterocycles. The predicted octanol–water partition coefficient (Wildman–Crippen LogP) is 11.0. The van der Waals surface area contributed by atoms with Crippen LogP contribution in [0.5, 0.6) is 0 Å². The Morgan fingerprint density at radius 2 is 0.800 bits per heavy atom. The normalized spacial score (nSPS) is 11.2. The van der Waals surface area contributed by atoms with Gasteiger partial charge in [0, 0.05) is 5.39 Å². The molecule has 0 bridgehead atoms. The van der Waals surface area contributed by atoms with Gasteiger partial charge in [-0.3, -0.25) is 0 Å². The maximum atomic E-state index is 13.0. The molecule has 0 spiro atoms. The van der Waals surface area contributed by atoms with E-state index >= 15 is 0 Å². The lowest BCUT2D eigenvalue weighted by Gasteiger charge is -2.12. The highest BCUT2D eigenvalue weighted by atomic mass is 16.5. The van der Waals surface area contributed by atoms with Crippen molar-refractivity contribution >= 4 is 22.7 Å². The number of ether oxygens (including phenoxy) is 2. The lowest BCUT2D eigenvalue weighted by molar-refractivity contribution is 0.0498. The number of esters is 2. The van der Waals surface area contributed by atoms with Gasteiger partial charge < -0.3 is 9.47 Å². The van der Waals surface area contributed by atoms with E-state index < -0.39 is 0 Å². The predicted molar refractivity (Wildman–Crippen MR) is 168 cm³/mol. The topological polar surface area (TPSA) is 52.6 Å². The van der Waals surface area contributed by atoms with Crippen LogP contribution in [0.4, 0.5) is 0 Å². The van der Waals surface area contributed by atoms with E-state index in [1.165, 1.54) is 103 Å². The van der Waals surface area contributed by atoms with Gasteiger partial charge in [0.15, 0.2) is 0 Å². The zero-order chi connectivity index (χ0) is 28.7. The first-order valence-electron chi connectivity index (χ1n) is 16.5. The average Bonchev–Trinajstić information content (AvgIpc) is 2.97. The maximum Gasteiger partial charge on any atom is 0.338 e. The summed E-state index contributed by atoms with van der Waals surface area (Å²) in [5.41, 5.74) is 0.877. The molecular weight excluding hydrogens is 496 g/mol. The van der Waals surface area contributed by atoms with Crippen molar-refractivity contribution in [3.63, 3.8) is 0 Å². The van der Waals surface area contributed by atoms with E-state index in [-0.39, 0.29) is 11.9 Å². The summed E-state index contributed by atoms with van der Waals surface area (Å²) in [6.07, 6.45) is 25.0. The fourth-order valence-corrected chi connectivity index (χ4v) is 5.35. The van der Waals surface area contributed by atoms with Crippen LogP contribution >= 0.6 is 0 Å². The van der Waals surface area contributed by atoms with E-state index in [2.05, 4.69) is 13.8 Å². The van der Waals surface area contributed by atoms with Crippen LogP contribution in [0.25, 0.3) is 10.8 Å². The molecule has 0 saturated carbocycles. The first-order valence-corrected chi connectivity index (χ1v) is 16.5. The summed E-state index contributed by atoms with van der Waals surface area (Å²) in [7, 11) is 0. The van der Waals surface area contributed by atoms with Crippen LogP contribution in [-0.2, 0) is 9.47 Å². The summed E-state index contributed by atoms with van der Waals surface area (Å²) in [4.78, 5) is 25.9. The van der Waals surface area contributed by atoms with Crippen molar-refractivity contribution in [2.75, 3.05) is 13.2 Å². The molecule has 0 fully saturated rings. The minimum absolute atomic E-state index is 0.364. The van der Waals surface area contributed by atoms with Crippen molar-refractivity contribution in [1.29, 1.82) is 0 Å². The Labute approximate surface area is 244 Å². The summed E-state index contributed by atoms with van der Waals surface area (Å²) >= 11 is 0. The van der Waals surface area contributed by atoms with Gasteiger partial charge in [-0.15, -0.1) is 0 Å². The van der Waals surface area contributed by atoms with Gasteiger partial charge in [-0.1, -0.05) is 154 Å². The number of hydrogen-bond donors (Lipinski definition) is 0. The maximum absolute atomic E-state index is 13.0. The smallest absolute Gasteiger partial charge is 0.338 e. The van der Waals surface area contributed by atoms with Gasteiger partial charge in [-0.25, -0.2) is 9.59 Å². The number of benzene rings is 2. The molecular formula is C36H56O4. The molecule has 40 heavy (non-hydrogen) atoms. The average molecular weight is 553 g/mol. The molecule has 0 radical (unpaired) electrons. The monoisotopic (exact) mass is 552 g/mol. The highest BCUT2D eigenvalue weighted by Gasteiger charge is 2.19. The van der Waals surface area contributed by atoms with Crippen LogP contribution in [0.15, 0.2) is 36.4 Å². The molecule has 0 aliphatic carbocycles. The zero-order valence-corrected chi connectivity index (χ0v) is 25.7. The first kappa shape index (κ1) is 33.8. The standard InChI is InChI=1S/C36H56O4/c1-3-5-7-9-11-12-13-14-15-16-17-18-20-22-30-40-36(38)33-28-24-26-31-25-23-27-32(34(31)33)35(37)39-29-21-19-10-8-6-4-2/h23-28H,3-22,29-30H2,1-2H3. The third-order valence-corrected chi connectivity index (χ3v) is 7.81. The van der Waals surface area contributed by atoms with Crippen LogP contribution in [0, 0.1) is 0 Å². The third-order valence-electron chi connectivity index (χ3n) is 7.81. The molecule has 224 valence electrons. The van der Waals surface area contributed by atoms with E-state index in [4.69, 9.17) is 9.47 Å². The molecule has 0 aliphatic rings. The van der Waals surface area contributed by atoms with E-state index in [9.17, 15) is 9.59 Å². The van der Waals surface area contributed by atoms with Gasteiger partial charge in [0.25, 0.3) is 0 Å². The second kappa shape index (κ2) is 22.3. The molecule has 0 unspecified atom stereocenters. The Balaban J connectivity index is 1.67. The lowest BCUT2D eigenvalue weighted by atomic mass is 9.99. The zero-order valence-electron chi connectivity index (χ0n) is 25.7. The SMILES string of the molecule is CCCCCCCCCCCCCCCCOC(=O)c1cccc2cccc(C(=O)OCCCCCCCC)c12. The minimum atomic E-state index is -0.369. The molecule has 0 atom stereocenters. The Morgan fingerprint density at radius 1 is 0.475 bits per heavy atom. The molecule has 2 rings (SSSR count). The molecule has 0 heterocycles. The van der Waals surface area contributed by atoms with Crippen molar-refractivity contribution in [3.05, 3.63) is 47.5 Å². The highest BCUT2D eigenvalue weighted by Crippen LogP contribution is 2.25. The summed E-state index contributed by atoms with van der Waals surface area (Å²) in [5.74, 6) is -0.733. The molecule has 2 aromatic rings. The van der Waals surface area contributed by atoms with Gasteiger partial charge >= 0.3 is 11.9 Å². The van der Waals surface area contributed by atoms with Gasteiger partial charge in [-0.05, 0) is 30.4 Å². The fraction of sp³-hybridized carbons (Fsp3) is 0.667. The second-order valence-electron chi connectivity index (χ2n) is 11.3. The van der Waals surface area contributed by atoms with E-state index in [1.54, 1.807) is 12.1 Å². The molecule has 4 nitrogen and oxygen atoms in total. The van der Waals surface area contributed by atoms with Gasteiger partial charge in [-0.2, -0.15) is 0 Å². The summed E-state index contributed by atoms with van der Waals surface area (Å²) in [6, 6.07) is 11.0. The molecule has 0 aromatic heterocycles. The number of unbranched alkanes of at least 4 members (excludes halogenated alkanes) is 18. The quantitative estimate of drug-likeness (QED) is 0.0960. The van der Waals surface area contributed by atoms with E-state index in [0.717, 1.165) is 31.1 Å². The van der Waals surface area contributed by atoms with Crippen molar-refractivity contribution < 1.29 is 19.1 Å². The van der Waals surface area contributed by atoms with Gasteiger partial charge in [0.05, 0.1) is 24.3 Å². The third kappa shape index (κ3) is 13.8. The number of carbonyl (C=O) groups excluding carboxylic acids is 2. The number of carbonyl (C=O) groups is 2. The molecule has 0 amide bonds. The van der Waals surface area contributed by atoms with Gasteiger partial charge in [0.2, 0.25) is 0 Å². The number of fused-ring (bicyclic) bond motifs is 1. The van der Waals surface area contributed by atoms with E-state index in [1.807, 2.05) is 24.3 Å². The summed E-state index contributed by atoms with van der Waals surface area (Å²) in [6.45, 7) is 5.30. The Bertz CT molecular complexity index is 946. The second-order valence-corrected chi connectivity index (χ2v) is 11.3. The summed E-state index contributed by atoms with van der Waals surface area (Å²) in [5, 5.41) is 1.48. The van der Waals surface area contributed by atoms with Crippen molar-refractivity contribution in [2.45, 2.75) is 142 Å². The van der Waals surface area contributed by atoms with Crippen LogP contribution in [0.2, 0.25) is 0 Å². The molecule has 0 N–H and O–H groups in total. The highest BCUT2D eigenvalue weighted by molar-refractivity contribution is 6.13. The Kier molecular flexibility index (Phi) is 18.9. The molecule has 2 aromatic carbocycles. The van der Waals surface area contributed by atoms with E-state index in [0.29, 0.717) is 29.7 Å². The molecule has 0 saturated heterocycles. The van der Waals surface area contributed by atoms with Crippen LogP contribution < -0.4 is 0 Å². The fourth-order valence-electron chi connectivity index (χ4n) is 5.35. The van der Waals surface area contributed by atoms with Crippen molar-refractivity contribution in [1.82, 2.24) is 0 Å². The molecule has 4 heteroatoms. The largest absolute Gasteiger partial charge is 0.462 e. The Hall–Kier alpha value is -2.36. The van der Waals surface area contributed by atoms with Crippen LogP contribution in [0.3, 0.4) is 0 Å². The minimum Gasteiger partial charge on any atom is -0.462 e.